The van der Waals surface area contributed by atoms with E-state index in [-0.39, 0.29) is 24.3 Å². The first-order chi connectivity index (χ1) is 14.3. The Hall–Kier alpha value is -2.58. The number of benzene rings is 2. The van der Waals surface area contributed by atoms with Crippen molar-refractivity contribution < 1.29 is 28.6 Å². The molecule has 6 nitrogen and oxygen atoms in total. The maximum Gasteiger partial charge on any atom is 0.326 e. The minimum atomic E-state index is -2.14. The van der Waals surface area contributed by atoms with E-state index in [0.717, 1.165) is 23.5 Å². The highest BCUT2D eigenvalue weighted by Crippen LogP contribution is 2.44. The van der Waals surface area contributed by atoms with Crippen molar-refractivity contribution in [2.75, 3.05) is 18.1 Å². The van der Waals surface area contributed by atoms with Crippen LogP contribution in [0.15, 0.2) is 46.9 Å². The van der Waals surface area contributed by atoms with Crippen molar-refractivity contribution >= 4 is 39.3 Å². The van der Waals surface area contributed by atoms with E-state index in [2.05, 4.69) is 15.9 Å². The first-order valence-electron chi connectivity index (χ1n) is 9.55. The molecular formula is C22H21BrFNO5. The number of ether oxygens (including phenoxy) is 1. The van der Waals surface area contributed by atoms with Gasteiger partial charge in [0.2, 0.25) is 0 Å². The number of nitrogens with zero attached hydrogens (tertiary/aromatic N) is 1. The number of anilines is 1. The van der Waals surface area contributed by atoms with Gasteiger partial charge >= 0.3 is 5.97 Å². The molecular weight excluding hydrogens is 457 g/mol. The number of esters is 1. The molecule has 158 valence electrons. The van der Waals surface area contributed by atoms with E-state index in [1.807, 2.05) is 6.92 Å². The third-order valence-corrected chi connectivity index (χ3v) is 5.42. The highest BCUT2D eigenvalue weighted by Gasteiger charge is 2.51. The minimum Gasteiger partial charge on any atom is -0.464 e. The smallest absolute Gasteiger partial charge is 0.326 e. The second-order valence-electron chi connectivity index (χ2n) is 7.09. The van der Waals surface area contributed by atoms with Gasteiger partial charge in [0, 0.05) is 15.6 Å². The molecule has 8 heteroatoms. The molecule has 0 fully saturated rings. The Kier molecular flexibility index (Phi) is 6.67. The number of halogens is 2. The highest BCUT2D eigenvalue weighted by atomic mass is 79.9. The van der Waals surface area contributed by atoms with E-state index in [9.17, 15) is 23.9 Å². The number of hydrogen-bond acceptors (Lipinski definition) is 5. The number of Topliss-reactive ketones (excluding diaryl/α,β-unsaturated/α-hetero) is 1. The van der Waals surface area contributed by atoms with E-state index < -0.39 is 35.5 Å². The van der Waals surface area contributed by atoms with Crippen LogP contribution in [0.1, 0.15) is 42.1 Å². The molecule has 0 saturated heterocycles. The summed E-state index contributed by atoms with van der Waals surface area (Å²) in [5.74, 6) is -2.40. The monoisotopic (exact) mass is 477 g/mol. The van der Waals surface area contributed by atoms with Crippen LogP contribution in [-0.2, 0) is 19.9 Å². The number of carbonyl (C=O) groups is 3. The summed E-state index contributed by atoms with van der Waals surface area (Å²) in [6.45, 7) is 1.84. The van der Waals surface area contributed by atoms with Gasteiger partial charge in [-0.3, -0.25) is 19.3 Å². The second-order valence-corrected chi connectivity index (χ2v) is 8.01. The molecule has 0 bridgehead atoms. The third kappa shape index (κ3) is 4.44. The van der Waals surface area contributed by atoms with Gasteiger partial charge in [-0.2, -0.15) is 0 Å². The Morgan fingerprint density at radius 1 is 1.20 bits per heavy atom. The van der Waals surface area contributed by atoms with Gasteiger partial charge in [-0.1, -0.05) is 29.3 Å². The van der Waals surface area contributed by atoms with Crippen molar-refractivity contribution in [1.82, 2.24) is 0 Å². The van der Waals surface area contributed by atoms with Crippen LogP contribution in [0.25, 0.3) is 0 Å². The minimum absolute atomic E-state index is 0.173. The van der Waals surface area contributed by atoms with Gasteiger partial charge in [0.05, 0.1) is 18.7 Å². The molecule has 1 atom stereocenters. The van der Waals surface area contributed by atoms with Crippen LogP contribution >= 0.6 is 15.9 Å². The maximum absolute atomic E-state index is 13.1. The number of ketones is 1. The molecule has 1 heterocycles. The Labute approximate surface area is 181 Å². The van der Waals surface area contributed by atoms with Gasteiger partial charge in [-0.25, -0.2) is 4.39 Å². The van der Waals surface area contributed by atoms with Crippen LogP contribution in [0.4, 0.5) is 10.1 Å². The first-order valence-corrected chi connectivity index (χ1v) is 10.3. The van der Waals surface area contributed by atoms with Crippen molar-refractivity contribution in [3.8, 4) is 0 Å². The quantitative estimate of drug-likeness (QED) is 0.355. The molecule has 1 unspecified atom stereocenters. The number of aliphatic hydroxyl groups is 1. The van der Waals surface area contributed by atoms with Crippen molar-refractivity contribution in [3.63, 3.8) is 0 Å². The molecule has 1 aliphatic heterocycles. The standard InChI is InChI=1S/C22H21BrFNO5/c1-2-3-10-30-20(27)13-25-18-9-6-15(23)11-17(18)22(29,21(25)28)12-19(26)14-4-7-16(24)8-5-14/h4-9,11,29H,2-3,10,12-13H2,1H3. The summed E-state index contributed by atoms with van der Waals surface area (Å²) in [5.41, 5.74) is -1.41. The molecule has 1 amide bonds. The third-order valence-electron chi connectivity index (χ3n) is 4.92. The lowest BCUT2D eigenvalue weighted by Crippen LogP contribution is -2.44. The lowest BCUT2D eigenvalue weighted by atomic mass is 9.88. The summed E-state index contributed by atoms with van der Waals surface area (Å²) in [7, 11) is 0. The van der Waals surface area contributed by atoms with Crippen LogP contribution in [0.3, 0.4) is 0 Å². The molecule has 0 aliphatic carbocycles. The summed E-state index contributed by atoms with van der Waals surface area (Å²) >= 11 is 3.31. The zero-order valence-corrected chi connectivity index (χ0v) is 17.9. The average molecular weight is 478 g/mol. The van der Waals surface area contributed by atoms with Crippen LogP contribution in [0, 0.1) is 5.82 Å². The Morgan fingerprint density at radius 3 is 2.57 bits per heavy atom. The first kappa shape index (κ1) is 22.1. The Balaban J connectivity index is 1.88. The molecule has 0 spiro atoms. The lowest BCUT2D eigenvalue weighted by molar-refractivity contribution is -0.144. The van der Waals surface area contributed by atoms with Crippen molar-refractivity contribution in [2.24, 2.45) is 0 Å². The molecule has 1 aliphatic rings. The molecule has 30 heavy (non-hydrogen) atoms. The summed E-state index contributed by atoms with van der Waals surface area (Å²) in [5, 5.41) is 11.3. The summed E-state index contributed by atoms with van der Waals surface area (Å²) in [6, 6.07) is 9.68. The van der Waals surface area contributed by atoms with E-state index in [4.69, 9.17) is 4.74 Å². The second kappa shape index (κ2) is 9.06. The number of fused-ring (bicyclic) bond motifs is 1. The van der Waals surface area contributed by atoms with Gasteiger partial charge in [-0.15, -0.1) is 0 Å². The predicted octanol–water partition coefficient (Wildman–Crippen LogP) is 3.74. The van der Waals surface area contributed by atoms with Crippen molar-refractivity contribution in [1.29, 1.82) is 0 Å². The molecule has 1 N–H and O–H groups in total. The topological polar surface area (TPSA) is 83.9 Å². The SMILES string of the molecule is CCCCOC(=O)CN1C(=O)C(O)(CC(=O)c2ccc(F)cc2)c2cc(Br)ccc21. The number of carbonyl (C=O) groups excluding carboxylic acids is 3. The van der Waals surface area contributed by atoms with Crippen molar-refractivity contribution in [3.05, 3.63) is 63.9 Å². The van der Waals surface area contributed by atoms with Gasteiger partial charge in [0.15, 0.2) is 11.4 Å². The van der Waals surface area contributed by atoms with Crippen LogP contribution < -0.4 is 4.90 Å². The average Bonchev–Trinajstić information content (AvgIpc) is 2.90. The Morgan fingerprint density at radius 2 is 1.90 bits per heavy atom. The number of unbranched alkanes of at least 4 members (excludes halogenated alkanes) is 1. The lowest BCUT2D eigenvalue weighted by Gasteiger charge is -2.22. The fourth-order valence-electron chi connectivity index (χ4n) is 3.33. The van der Waals surface area contributed by atoms with Crippen LogP contribution in [-0.4, -0.2) is 35.9 Å². The predicted molar refractivity (Wildman–Crippen MR) is 112 cm³/mol. The van der Waals surface area contributed by atoms with Crippen molar-refractivity contribution in [2.45, 2.75) is 31.8 Å². The fourth-order valence-corrected chi connectivity index (χ4v) is 3.69. The highest BCUT2D eigenvalue weighted by molar-refractivity contribution is 9.10. The zero-order valence-electron chi connectivity index (χ0n) is 16.4. The van der Waals surface area contributed by atoms with Gasteiger partial charge in [0.1, 0.15) is 12.4 Å². The Bertz CT molecular complexity index is 978. The maximum atomic E-state index is 13.1. The van der Waals surface area contributed by atoms with E-state index in [1.54, 1.807) is 18.2 Å². The van der Waals surface area contributed by atoms with E-state index in [0.29, 0.717) is 16.6 Å². The van der Waals surface area contributed by atoms with E-state index >= 15 is 0 Å². The number of rotatable bonds is 8. The van der Waals surface area contributed by atoms with Crippen LogP contribution in [0.5, 0.6) is 0 Å². The van der Waals surface area contributed by atoms with Gasteiger partial charge in [-0.05, 0) is 48.9 Å². The number of hydrogen-bond donors (Lipinski definition) is 1. The number of amides is 1. The molecule has 2 aromatic rings. The summed E-state index contributed by atoms with van der Waals surface area (Å²) in [6.07, 6.45) is 1.03. The van der Waals surface area contributed by atoms with E-state index in [1.165, 1.54) is 12.1 Å². The van der Waals surface area contributed by atoms with Gasteiger partial charge < -0.3 is 9.84 Å². The molecule has 0 radical (unpaired) electrons. The largest absolute Gasteiger partial charge is 0.464 e. The molecule has 0 aromatic heterocycles. The summed E-state index contributed by atoms with van der Waals surface area (Å²) < 4.78 is 18.9. The summed E-state index contributed by atoms with van der Waals surface area (Å²) in [4.78, 5) is 39.1. The zero-order chi connectivity index (χ0) is 21.9. The fraction of sp³-hybridized carbons (Fsp3) is 0.318. The van der Waals surface area contributed by atoms with Crippen LogP contribution in [0.2, 0.25) is 0 Å². The molecule has 3 rings (SSSR count). The normalized spacial score (nSPS) is 17.7. The molecule has 0 saturated carbocycles. The molecule has 2 aromatic carbocycles. The van der Waals surface area contributed by atoms with Gasteiger partial charge in [0.25, 0.3) is 5.91 Å².